The van der Waals surface area contributed by atoms with Gasteiger partial charge < -0.3 is 10.0 Å². The van der Waals surface area contributed by atoms with Crippen LogP contribution in [0.2, 0.25) is 0 Å². The van der Waals surface area contributed by atoms with E-state index in [1.807, 2.05) is 24.9 Å². The summed E-state index contributed by atoms with van der Waals surface area (Å²) in [5.41, 5.74) is 1.75. The number of hydrogen-bond acceptors (Lipinski definition) is 4. The second kappa shape index (κ2) is 5.46. The fourth-order valence-corrected chi connectivity index (χ4v) is 2.58. The van der Waals surface area contributed by atoms with Gasteiger partial charge in [0.15, 0.2) is 5.13 Å². The lowest BCUT2D eigenvalue weighted by molar-refractivity contribution is 0.284. The maximum Gasteiger partial charge on any atom is 0.185 e. The Bertz CT molecular complexity index is 542. The zero-order valence-electron chi connectivity index (χ0n) is 10.4. The van der Waals surface area contributed by atoms with Gasteiger partial charge in [0.25, 0.3) is 0 Å². The van der Waals surface area contributed by atoms with Crippen molar-refractivity contribution in [2.75, 3.05) is 11.9 Å². The molecule has 1 aromatic carbocycles. The number of aryl methyl sites for hydroxylation is 1. The number of aliphatic hydroxyl groups excluding tert-OH is 1. The Morgan fingerprint density at radius 2 is 2.22 bits per heavy atom. The van der Waals surface area contributed by atoms with E-state index in [1.165, 1.54) is 23.5 Å². The Kier molecular flexibility index (Phi) is 3.93. The monoisotopic (exact) mass is 266 g/mol. The topological polar surface area (TPSA) is 36.4 Å². The molecule has 5 heteroatoms. The van der Waals surface area contributed by atoms with Crippen LogP contribution < -0.4 is 4.90 Å². The van der Waals surface area contributed by atoms with Gasteiger partial charge in [-0.3, -0.25) is 0 Å². The molecule has 0 fully saturated rings. The van der Waals surface area contributed by atoms with Crippen molar-refractivity contribution >= 4 is 16.5 Å². The second-order valence-electron chi connectivity index (χ2n) is 4.15. The van der Waals surface area contributed by atoms with Crippen LogP contribution in [0.3, 0.4) is 0 Å². The highest BCUT2D eigenvalue weighted by molar-refractivity contribution is 7.15. The van der Waals surface area contributed by atoms with Crippen molar-refractivity contribution in [2.24, 2.45) is 0 Å². The standard InChI is InChI=1S/C13H15FN2OS/c1-9-12(8-17)18-13(15-9)16(2)7-10-4-3-5-11(14)6-10/h3-6,17H,7-8H2,1-2H3. The van der Waals surface area contributed by atoms with Gasteiger partial charge >= 0.3 is 0 Å². The zero-order chi connectivity index (χ0) is 13.1. The van der Waals surface area contributed by atoms with Crippen molar-refractivity contribution in [3.8, 4) is 0 Å². The van der Waals surface area contributed by atoms with E-state index in [1.54, 1.807) is 6.07 Å². The van der Waals surface area contributed by atoms with Crippen LogP contribution in [0, 0.1) is 12.7 Å². The molecule has 1 aromatic heterocycles. The van der Waals surface area contributed by atoms with Crippen molar-refractivity contribution in [1.29, 1.82) is 0 Å². The molecule has 0 aliphatic heterocycles. The van der Waals surface area contributed by atoms with Crippen LogP contribution in [0.15, 0.2) is 24.3 Å². The summed E-state index contributed by atoms with van der Waals surface area (Å²) < 4.78 is 13.1. The lowest BCUT2D eigenvalue weighted by Gasteiger charge is -2.15. The van der Waals surface area contributed by atoms with Crippen LogP contribution in [-0.4, -0.2) is 17.1 Å². The number of nitrogens with zero attached hydrogens (tertiary/aromatic N) is 2. The Morgan fingerprint density at radius 1 is 1.44 bits per heavy atom. The van der Waals surface area contributed by atoms with Crippen LogP contribution >= 0.6 is 11.3 Å². The van der Waals surface area contributed by atoms with Gasteiger partial charge in [0.2, 0.25) is 0 Å². The Hall–Kier alpha value is -1.46. The van der Waals surface area contributed by atoms with Crippen LogP contribution in [0.5, 0.6) is 0 Å². The first-order chi connectivity index (χ1) is 8.60. The average molecular weight is 266 g/mol. The van der Waals surface area contributed by atoms with E-state index in [9.17, 15) is 4.39 Å². The molecule has 18 heavy (non-hydrogen) atoms. The van der Waals surface area contributed by atoms with Crippen LogP contribution in [0.4, 0.5) is 9.52 Å². The van der Waals surface area contributed by atoms with Crippen molar-refractivity contribution < 1.29 is 9.50 Å². The molecule has 3 nitrogen and oxygen atoms in total. The molecule has 0 unspecified atom stereocenters. The van der Waals surface area contributed by atoms with Gasteiger partial charge in [-0.2, -0.15) is 0 Å². The van der Waals surface area contributed by atoms with E-state index in [2.05, 4.69) is 4.98 Å². The number of aromatic nitrogens is 1. The van der Waals surface area contributed by atoms with Gasteiger partial charge in [-0.1, -0.05) is 23.5 Å². The molecule has 0 aliphatic carbocycles. The van der Waals surface area contributed by atoms with Crippen LogP contribution in [0.1, 0.15) is 16.1 Å². The Labute approximate surface area is 110 Å². The summed E-state index contributed by atoms with van der Waals surface area (Å²) in [6, 6.07) is 6.53. The van der Waals surface area contributed by atoms with Crippen LogP contribution in [-0.2, 0) is 13.2 Å². The number of benzene rings is 1. The molecule has 0 atom stereocenters. The third-order valence-corrected chi connectivity index (χ3v) is 3.92. The normalized spacial score (nSPS) is 10.7. The number of rotatable bonds is 4. The number of aliphatic hydroxyl groups is 1. The van der Waals surface area contributed by atoms with Crippen molar-refractivity contribution in [2.45, 2.75) is 20.1 Å². The maximum absolute atomic E-state index is 13.1. The summed E-state index contributed by atoms with van der Waals surface area (Å²) in [4.78, 5) is 7.21. The number of thiazole rings is 1. The summed E-state index contributed by atoms with van der Waals surface area (Å²) in [6.07, 6.45) is 0. The van der Waals surface area contributed by atoms with E-state index in [0.717, 1.165) is 21.3 Å². The van der Waals surface area contributed by atoms with E-state index < -0.39 is 0 Å². The fourth-order valence-electron chi connectivity index (χ4n) is 1.70. The van der Waals surface area contributed by atoms with Gasteiger partial charge in [-0.15, -0.1) is 0 Å². The molecule has 0 aliphatic rings. The van der Waals surface area contributed by atoms with Gasteiger partial charge in [0.05, 0.1) is 17.2 Å². The Balaban J connectivity index is 2.13. The molecule has 0 amide bonds. The number of halogens is 1. The smallest absolute Gasteiger partial charge is 0.185 e. The van der Waals surface area contributed by atoms with Crippen molar-refractivity contribution in [3.05, 3.63) is 46.2 Å². The molecular formula is C13H15FN2OS. The molecule has 0 spiro atoms. The molecule has 2 aromatic rings. The first-order valence-electron chi connectivity index (χ1n) is 5.63. The lowest BCUT2D eigenvalue weighted by atomic mass is 10.2. The summed E-state index contributed by atoms with van der Waals surface area (Å²) in [5.74, 6) is -0.229. The number of hydrogen-bond donors (Lipinski definition) is 1. The van der Waals surface area contributed by atoms with E-state index in [-0.39, 0.29) is 12.4 Å². The molecule has 1 heterocycles. The highest BCUT2D eigenvalue weighted by atomic mass is 32.1. The highest BCUT2D eigenvalue weighted by Gasteiger charge is 2.11. The molecule has 96 valence electrons. The van der Waals surface area contributed by atoms with Crippen molar-refractivity contribution in [1.82, 2.24) is 4.98 Å². The predicted octanol–water partition coefficient (Wildman–Crippen LogP) is 2.72. The van der Waals surface area contributed by atoms with Crippen LogP contribution in [0.25, 0.3) is 0 Å². The predicted molar refractivity (Wildman–Crippen MR) is 71.3 cm³/mol. The minimum absolute atomic E-state index is 0.0112. The van der Waals surface area contributed by atoms with E-state index >= 15 is 0 Å². The summed E-state index contributed by atoms with van der Waals surface area (Å²) in [5, 5.41) is 9.98. The molecular weight excluding hydrogens is 251 g/mol. The molecule has 0 radical (unpaired) electrons. The highest BCUT2D eigenvalue weighted by Crippen LogP contribution is 2.26. The molecule has 2 rings (SSSR count). The largest absolute Gasteiger partial charge is 0.391 e. The minimum Gasteiger partial charge on any atom is -0.391 e. The van der Waals surface area contributed by atoms with Gasteiger partial charge in [-0.05, 0) is 24.6 Å². The molecule has 0 saturated heterocycles. The molecule has 1 N–H and O–H groups in total. The third-order valence-electron chi connectivity index (χ3n) is 2.66. The summed E-state index contributed by atoms with van der Waals surface area (Å²) >= 11 is 1.46. The first kappa shape index (κ1) is 13.0. The average Bonchev–Trinajstić information content (AvgIpc) is 2.70. The SMILES string of the molecule is Cc1nc(N(C)Cc2cccc(F)c2)sc1CO. The molecule has 0 bridgehead atoms. The van der Waals surface area contributed by atoms with E-state index in [4.69, 9.17) is 5.11 Å². The minimum atomic E-state index is -0.229. The molecule has 0 saturated carbocycles. The van der Waals surface area contributed by atoms with E-state index in [0.29, 0.717) is 6.54 Å². The fraction of sp³-hybridized carbons (Fsp3) is 0.308. The first-order valence-corrected chi connectivity index (χ1v) is 6.44. The van der Waals surface area contributed by atoms with Crippen molar-refractivity contribution in [3.63, 3.8) is 0 Å². The third kappa shape index (κ3) is 2.86. The van der Waals surface area contributed by atoms with Gasteiger partial charge in [0.1, 0.15) is 5.82 Å². The van der Waals surface area contributed by atoms with Gasteiger partial charge in [-0.25, -0.2) is 9.37 Å². The maximum atomic E-state index is 13.1. The number of anilines is 1. The summed E-state index contributed by atoms with van der Waals surface area (Å²) in [7, 11) is 1.91. The van der Waals surface area contributed by atoms with Gasteiger partial charge in [0, 0.05) is 13.6 Å². The second-order valence-corrected chi connectivity index (χ2v) is 5.21. The zero-order valence-corrected chi connectivity index (χ0v) is 11.2. The quantitative estimate of drug-likeness (QED) is 0.924. The lowest BCUT2D eigenvalue weighted by Crippen LogP contribution is -2.16. The summed E-state index contributed by atoms with van der Waals surface area (Å²) in [6.45, 7) is 2.48. The Morgan fingerprint density at radius 3 is 2.83 bits per heavy atom.